The predicted octanol–water partition coefficient (Wildman–Crippen LogP) is 1.30. The van der Waals surface area contributed by atoms with Gasteiger partial charge in [-0.25, -0.2) is 13.1 Å². The molecule has 102 valence electrons. The van der Waals surface area contributed by atoms with E-state index in [1.54, 1.807) is 26.8 Å². The van der Waals surface area contributed by atoms with Crippen LogP contribution in [0, 0.1) is 13.8 Å². The van der Waals surface area contributed by atoms with Crippen LogP contribution in [0.4, 0.5) is 0 Å². The number of carbonyl (C=O) groups excluding carboxylic acids is 1. The molecule has 5 nitrogen and oxygen atoms in total. The van der Waals surface area contributed by atoms with E-state index in [9.17, 15) is 13.2 Å². The van der Waals surface area contributed by atoms with Crippen LogP contribution >= 0.6 is 11.3 Å². The van der Waals surface area contributed by atoms with Crippen molar-refractivity contribution in [3.63, 3.8) is 0 Å². The minimum Gasteiger partial charge on any atom is -0.370 e. The highest BCUT2D eigenvalue weighted by atomic mass is 32.2. The Morgan fingerprint density at radius 1 is 1.44 bits per heavy atom. The van der Waals surface area contributed by atoms with Crippen molar-refractivity contribution in [2.45, 2.75) is 44.6 Å². The summed E-state index contributed by atoms with van der Waals surface area (Å²) in [6, 6.07) is 1.63. The van der Waals surface area contributed by atoms with Gasteiger partial charge in [-0.05, 0) is 33.8 Å². The molecule has 1 heterocycles. The first-order valence-corrected chi connectivity index (χ1v) is 7.73. The molecule has 0 radical (unpaired) electrons. The Kier molecular flexibility index (Phi) is 4.19. The number of nitrogens with one attached hydrogen (secondary N) is 1. The fourth-order valence-electron chi connectivity index (χ4n) is 1.76. The van der Waals surface area contributed by atoms with Crippen LogP contribution in [0.2, 0.25) is 0 Å². The average molecular weight is 290 g/mol. The van der Waals surface area contributed by atoms with Crippen LogP contribution in [0.25, 0.3) is 0 Å². The van der Waals surface area contributed by atoms with Gasteiger partial charge in [0.2, 0.25) is 15.9 Å². The molecule has 0 unspecified atom stereocenters. The molecule has 0 aromatic carbocycles. The molecule has 0 spiro atoms. The third kappa shape index (κ3) is 3.79. The first kappa shape index (κ1) is 15.1. The Bertz CT molecular complexity index is 559. The van der Waals surface area contributed by atoms with Crippen molar-refractivity contribution in [2.24, 2.45) is 5.73 Å². The highest BCUT2D eigenvalue weighted by Gasteiger charge is 2.29. The maximum atomic E-state index is 12.2. The van der Waals surface area contributed by atoms with Crippen molar-refractivity contribution < 1.29 is 13.2 Å². The third-order valence-corrected chi connectivity index (χ3v) is 5.23. The van der Waals surface area contributed by atoms with E-state index in [1.165, 1.54) is 11.3 Å². The second-order valence-corrected chi connectivity index (χ2v) is 8.02. The average Bonchev–Trinajstić information content (AvgIpc) is 2.40. The van der Waals surface area contributed by atoms with Crippen molar-refractivity contribution in [2.75, 3.05) is 0 Å². The van der Waals surface area contributed by atoms with Crippen LogP contribution in [-0.4, -0.2) is 19.9 Å². The van der Waals surface area contributed by atoms with Gasteiger partial charge in [0.25, 0.3) is 0 Å². The number of sulfonamides is 1. The summed E-state index contributed by atoms with van der Waals surface area (Å²) in [7, 11) is -3.62. The smallest absolute Gasteiger partial charge is 0.242 e. The number of hydrogen-bond acceptors (Lipinski definition) is 4. The Hall–Kier alpha value is -0.920. The summed E-state index contributed by atoms with van der Waals surface area (Å²) >= 11 is 1.43. The molecule has 7 heteroatoms. The molecular formula is C11H18N2O3S2. The minimum absolute atomic E-state index is 0.0472. The molecule has 0 fully saturated rings. The Balaban J connectivity index is 3.02. The van der Waals surface area contributed by atoms with E-state index in [1.807, 2.05) is 6.92 Å². The van der Waals surface area contributed by atoms with Gasteiger partial charge >= 0.3 is 0 Å². The van der Waals surface area contributed by atoms with E-state index >= 15 is 0 Å². The minimum atomic E-state index is -3.62. The predicted molar refractivity (Wildman–Crippen MR) is 72.0 cm³/mol. The Morgan fingerprint density at radius 2 is 2.00 bits per heavy atom. The Morgan fingerprint density at radius 3 is 2.39 bits per heavy atom. The van der Waals surface area contributed by atoms with Crippen molar-refractivity contribution in [3.05, 3.63) is 15.8 Å². The summed E-state index contributed by atoms with van der Waals surface area (Å²) in [5.74, 6) is -0.541. The Labute approximate surface area is 111 Å². The standard InChI is InChI=1S/C11H18N2O3S2/c1-7-5-9(8(2)17-7)18(15,16)13-11(3,4)6-10(12)14/h5,13H,6H2,1-4H3,(H2,12,14). The zero-order valence-corrected chi connectivity index (χ0v) is 12.5. The molecule has 1 amide bonds. The van der Waals surface area contributed by atoms with Gasteiger partial charge in [0.15, 0.2) is 0 Å². The van der Waals surface area contributed by atoms with Gasteiger partial charge in [-0.1, -0.05) is 0 Å². The number of nitrogens with two attached hydrogens (primary N) is 1. The lowest BCUT2D eigenvalue weighted by Gasteiger charge is -2.24. The summed E-state index contributed by atoms with van der Waals surface area (Å²) < 4.78 is 26.9. The van der Waals surface area contributed by atoms with Crippen LogP contribution in [0.15, 0.2) is 11.0 Å². The van der Waals surface area contributed by atoms with E-state index in [4.69, 9.17) is 5.73 Å². The van der Waals surface area contributed by atoms with E-state index in [0.717, 1.165) is 9.75 Å². The summed E-state index contributed by atoms with van der Waals surface area (Å²) in [6.07, 6.45) is -0.0472. The second-order valence-electron chi connectivity index (χ2n) is 4.91. The molecule has 1 rings (SSSR count). The molecule has 3 N–H and O–H groups in total. The lowest BCUT2D eigenvalue weighted by Crippen LogP contribution is -2.45. The quantitative estimate of drug-likeness (QED) is 0.856. The zero-order valence-electron chi connectivity index (χ0n) is 10.9. The van der Waals surface area contributed by atoms with Gasteiger partial charge in [0, 0.05) is 21.7 Å². The molecule has 1 aromatic heterocycles. The molecule has 0 aliphatic rings. The van der Waals surface area contributed by atoms with Crippen LogP contribution in [0.5, 0.6) is 0 Å². The second kappa shape index (κ2) is 4.99. The summed E-state index contributed by atoms with van der Waals surface area (Å²) in [4.78, 5) is 12.8. The monoisotopic (exact) mass is 290 g/mol. The fourth-order valence-corrected chi connectivity index (χ4v) is 4.73. The van der Waals surface area contributed by atoms with Gasteiger partial charge in [-0.2, -0.15) is 0 Å². The molecule has 0 saturated heterocycles. The molecule has 18 heavy (non-hydrogen) atoms. The first-order valence-electron chi connectivity index (χ1n) is 5.43. The maximum Gasteiger partial charge on any atom is 0.242 e. The molecule has 0 aliphatic carbocycles. The van der Waals surface area contributed by atoms with Gasteiger partial charge in [0.1, 0.15) is 0 Å². The number of aryl methyl sites for hydroxylation is 2. The van der Waals surface area contributed by atoms with Crippen LogP contribution in [0.1, 0.15) is 30.0 Å². The van der Waals surface area contributed by atoms with Crippen molar-refractivity contribution in [1.82, 2.24) is 4.72 Å². The fraction of sp³-hybridized carbons (Fsp3) is 0.545. The van der Waals surface area contributed by atoms with Gasteiger partial charge in [0.05, 0.1) is 4.90 Å². The molecular weight excluding hydrogens is 272 g/mol. The number of hydrogen-bond donors (Lipinski definition) is 2. The lowest BCUT2D eigenvalue weighted by molar-refractivity contribution is -0.119. The lowest BCUT2D eigenvalue weighted by atomic mass is 10.0. The molecule has 0 bridgehead atoms. The summed E-state index contributed by atoms with van der Waals surface area (Å²) in [5.41, 5.74) is 4.20. The van der Waals surface area contributed by atoms with Gasteiger partial charge in [-0.15, -0.1) is 11.3 Å². The van der Waals surface area contributed by atoms with Gasteiger partial charge in [-0.3, -0.25) is 4.79 Å². The van der Waals surface area contributed by atoms with Crippen molar-refractivity contribution >= 4 is 27.3 Å². The third-order valence-electron chi connectivity index (χ3n) is 2.31. The molecule has 1 aromatic rings. The molecule has 0 aliphatic heterocycles. The highest BCUT2D eigenvalue weighted by Crippen LogP contribution is 2.26. The van der Waals surface area contributed by atoms with E-state index in [2.05, 4.69) is 4.72 Å². The normalized spacial score (nSPS) is 12.7. The number of carbonyl (C=O) groups is 1. The first-order chi connectivity index (χ1) is 8.03. The highest BCUT2D eigenvalue weighted by molar-refractivity contribution is 7.89. The van der Waals surface area contributed by atoms with Gasteiger partial charge < -0.3 is 5.73 Å². The number of amides is 1. The van der Waals surface area contributed by atoms with Crippen LogP contribution in [-0.2, 0) is 14.8 Å². The molecule has 0 atom stereocenters. The van der Waals surface area contributed by atoms with E-state index < -0.39 is 21.5 Å². The SMILES string of the molecule is Cc1cc(S(=O)(=O)NC(C)(C)CC(N)=O)c(C)s1. The topological polar surface area (TPSA) is 89.3 Å². The largest absolute Gasteiger partial charge is 0.370 e. The van der Waals surface area contributed by atoms with Crippen molar-refractivity contribution in [3.8, 4) is 0 Å². The number of primary amides is 1. The zero-order chi connectivity index (χ0) is 14.1. The number of rotatable bonds is 5. The van der Waals surface area contributed by atoms with E-state index in [0.29, 0.717) is 0 Å². The van der Waals surface area contributed by atoms with Crippen LogP contribution in [0.3, 0.4) is 0 Å². The molecule has 0 saturated carbocycles. The van der Waals surface area contributed by atoms with Crippen molar-refractivity contribution in [1.29, 1.82) is 0 Å². The van der Waals surface area contributed by atoms with Crippen LogP contribution < -0.4 is 10.5 Å². The van der Waals surface area contributed by atoms with E-state index in [-0.39, 0.29) is 11.3 Å². The summed E-state index contributed by atoms with van der Waals surface area (Å²) in [5, 5.41) is 0. The maximum absolute atomic E-state index is 12.2. The summed E-state index contributed by atoms with van der Waals surface area (Å²) in [6.45, 7) is 6.87. The number of thiophene rings is 1.